The van der Waals surface area contributed by atoms with Gasteiger partial charge in [0.1, 0.15) is 18.2 Å². The first kappa shape index (κ1) is 26.9. The van der Waals surface area contributed by atoms with Crippen molar-refractivity contribution in [3.63, 3.8) is 0 Å². The molecule has 0 radical (unpaired) electrons. The molecule has 0 spiro atoms. The predicted octanol–water partition coefficient (Wildman–Crippen LogP) is 4.39. The summed E-state index contributed by atoms with van der Waals surface area (Å²) in [5, 5.41) is 18.4. The molecule has 1 aliphatic rings. The summed E-state index contributed by atoms with van der Waals surface area (Å²) < 4.78 is 28.9. The summed E-state index contributed by atoms with van der Waals surface area (Å²) in [4.78, 5) is 33.9. The summed E-state index contributed by atoms with van der Waals surface area (Å²) in [5.41, 5.74) is 2.80. The average molecular weight is 566 g/mol. The summed E-state index contributed by atoms with van der Waals surface area (Å²) >= 11 is 0. The van der Waals surface area contributed by atoms with E-state index in [2.05, 4.69) is 4.98 Å². The third-order valence-electron chi connectivity index (χ3n) is 7.14. The number of imidazole rings is 1. The number of halogens is 1. The number of hydrogen-bond donors (Lipinski definition) is 1. The minimum Gasteiger partial charge on any atom is -0.478 e. The van der Waals surface area contributed by atoms with Gasteiger partial charge in [0, 0.05) is 36.1 Å². The van der Waals surface area contributed by atoms with Crippen LogP contribution in [0.25, 0.3) is 22.3 Å². The molecule has 5 aromatic rings. The maximum absolute atomic E-state index is 14.2. The average Bonchev–Trinajstić information content (AvgIpc) is 3.31. The topological polar surface area (TPSA) is 132 Å². The lowest BCUT2D eigenvalue weighted by Crippen LogP contribution is -2.32. The van der Waals surface area contributed by atoms with Gasteiger partial charge in [-0.2, -0.15) is 5.26 Å². The van der Waals surface area contributed by atoms with E-state index < -0.39 is 11.8 Å². The van der Waals surface area contributed by atoms with Crippen LogP contribution in [0.5, 0.6) is 5.88 Å². The molecule has 2 aromatic carbocycles. The number of aromatic carboxylic acids is 1. The molecule has 0 bridgehead atoms. The molecule has 0 amide bonds. The number of carboxylic acids is 1. The Morgan fingerprint density at radius 3 is 2.71 bits per heavy atom. The quantitative estimate of drug-likeness (QED) is 0.278. The number of rotatable bonds is 9. The van der Waals surface area contributed by atoms with Gasteiger partial charge < -0.3 is 23.7 Å². The van der Waals surface area contributed by atoms with Crippen molar-refractivity contribution in [2.45, 2.75) is 32.2 Å². The molecule has 1 saturated heterocycles. The first-order chi connectivity index (χ1) is 20.4. The van der Waals surface area contributed by atoms with Gasteiger partial charge in [0.2, 0.25) is 5.88 Å². The van der Waals surface area contributed by atoms with Crippen LogP contribution in [0.3, 0.4) is 0 Å². The fourth-order valence-corrected chi connectivity index (χ4v) is 4.75. The number of benzene rings is 2. The smallest absolute Gasteiger partial charge is 0.335 e. The zero-order valence-electron chi connectivity index (χ0n) is 22.2. The second kappa shape index (κ2) is 11.3. The van der Waals surface area contributed by atoms with Gasteiger partial charge in [-0.1, -0.05) is 12.1 Å². The third-order valence-corrected chi connectivity index (χ3v) is 7.14. The summed E-state index contributed by atoms with van der Waals surface area (Å²) in [6.07, 6.45) is 2.55. The highest BCUT2D eigenvalue weighted by Gasteiger charge is 2.23. The molecule has 1 N–H and O–H groups in total. The number of pyridine rings is 2. The van der Waals surface area contributed by atoms with Crippen molar-refractivity contribution in [3.8, 4) is 23.2 Å². The van der Waals surface area contributed by atoms with Gasteiger partial charge >= 0.3 is 5.97 Å². The molecule has 0 aliphatic carbocycles. The Morgan fingerprint density at radius 1 is 1.14 bits per heavy atom. The maximum Gasteiger partial charge on any atom is 0.335 e. The van der Waals surface area contributed by atoms with E-state index in [-0.39, 0.29) is 47.4 Å². The Kier molecular flexibility index (Phi) is 7.21. The number of nitriles is 1. The number of carbonyl (C=O) groups is 1. The highest BCUT2D eigenvalue weighted by atomic mass is 19.1. The molecular weight excluding hydrogens is 541 g/mol. The van der Waals surface area contributed by atoms with Gasteiger partial charge in [0.15, 0.2) is 0 Å². The molecule has 4 heterocycles. The van der Waals surface area contributed by atoms with E-state index in [4.69, 9.17) is 19.7 Å². The second-order valence-electron chi connectivity index (χ2n) is 9.88. The summed E-state index contributed by atoms with van der Waals surface area (Å²) in [5.74, 6) is -0.693. The van der Waals surface area contributed by atoms with Crippen molar-refractivity contribution in [1.29, 1.82) is 5.26 Å². The molecule has 0 unspecified atom stereocenters. The fourth-order valence-electron chi connectivity index (χ4n) is 4.75. The maximum atomic E-state index is 14.2. The van der Waals surface area contributed by atoms with Crippen LogP contribution in [-0.2, 0) is 24.4 Å². The number of fused-ring (bicyclic) bond motifs is 1. The Balaban J connectivity index is 1.23. The third kappa shape index (κ3) is 5.48. The Labute approximate surface area is 238 Å². The highest BCUT2D eigenvalue weighted by molar-refractivity contribution is 5.92. The number of aromatic nitrogens is 4. The van der Waals surface area contributed by atoms with E-state index in [1.54, 1.807) is 42.6 Å². The standard InChI is InChI=1S/C31H24FN5O5/c32-24-12-19(15-33)4-5-22(24)18-42-29-3-1-2-25(35-29)20-8-10-36(30(38)14-20)17-28-34-26-7-6-21(31(39)40)13-27(26)37(28)16-23-9-11-41-23/h1-8,10,12-14,23H,9,11,16-18H2,(H,39,40)/t23-/m0/s1. The van der Waals surface area contributed by atoms with E-state index in [0.29, 0.717) is 41.3 Å². The normalized spacial score (nSPS) is 14.3. The molecule has 11 heteroatoms. The second-order valence-corrected chi connectivity index (χ2v) is 9.88. The lowest BCUT2D eigenvalue weighted by Gasteiger charge is -2.27. The molecule has 42 heavy (non-hydrogen) atoms. The van der Waals surface area contributed by atoms with Crippen LogP contribution >= 0.6 is 0 Å². The van der Waals surface area contributed by atoms with Gasteiger partial charge in [0.25, 0.3) is 5.56 Å². The minimum atomic E-state index is -1.03. The number of nitrogens with zero attached hydrogens (tertiary/aromatic N) is 5. The molecule has 1 fully saturated rings. The Hall–Kier alpha value is -5.34. The van der Waals surface area contributed by atoms with Gasteiger partial charge in [-0.3, -0.25) is 4.79 Å². The highest BCUT2D eigenvalue weighted by Crippen LogP contribution is 2.24. The number of ether oxygens (including phenoxy) is 2. The first-order valence-corrected chi connectivity index (χ1v) is 13.2. The summed E-state index contributed by atoms with van der Waals surface area (Å²) in [7, 11) is 0. The predicted molar refractivity (Wildman–Crippen MR) is 150 cm³/mol. The van der Waals surface area contributed by atoms with Gasteiger partial charge in [-0.25, -0.2) is 19.2 Å². The van der Waals surface area contributed by atoms with Gasteiger partial charge in [0.05, 0.1) is 53.1 Å². The first-order valence-electron chi connectivity index (χ1n) is 13.2. The summed E-state index contributed by atoms with van der Waals surface area (Å²) in [6, 6.07) is 19.2. The largest absolute Gasteiger partial charge is 0.478 e. The molecule has 3 aromatic heterocycles. The number of carboxylic acid groups (broad SMARTS) is 1. The molecule has 6 rings (SSSR count). The van der Waals surface area contributed by atoms with E-state index in [9.17, 15) is 19.1 Å². The van der Waals surface area contributed by atoms with Gasteiger partial charge in [-0.15, -0.1) is 0 Å². The zero-order valence-corrected chi connectivity index (χ0v) is 22.2. The zero-order chi connectivity index (χ0) is 29.2. The van der Waals surface area contributed by atoms with Crippen molar-refractivity contribution < 1.29 is 23.8 Å². The molecular formula is C31H24FN5O5. The lowest BCUT2D eigenvalue weighted by molar-refractivity contribution is -0.0590. The van der Waals surface area contributed by atoms with Crippen molar-refractivity contribution in [2.24, 2.45) is 0 Å². The van der Waals surface area contributed by atoms with Crippen molar-refractivity contribution in [3.05, 3.63) is 112 Å². The molecule has 10 nitrogen and oxygen atoms in total. The fraction of sp³-hybridized carbons (Fsp3) is 0.194. The van der Waals surface area contributed by atoms with Crippen LogP contribution < -0.4 is 10.3 Å². The monoisotopic (exact) mass is 565 g/mol. The van der Waals surface area contributed by atoms with Crippen LogP contribution in [0, 0.1) is 17.1 Å². The molecule has 210 valence electrons. The van der Waals surface area contributed by atoms with Crippen molar-refractivity contribution in [2.75, 3.05) is 6.61 Å². The van der Waals surface area contributed by atoms with Crippen LogP contribution in [0.15, 0.2) is 77.7 Å². The molecule has 1 aliphatic heterocycles. The van der Waals surface area contributed by atoms with Crippen LogP contribution in [-0.4, -0.2) is 42.9 Å². The summed E-state index contributed by atoms with van der Waals surface area (Å²) in [6.45, 7) is 1.29. The Bertz CT molecular complexity index is 1920. The van der Waals surface area contributed by atoms with E-state index >= 15 is 0 Å². The van der Waals surface area contributed by atoms with Crippen LogP contribution in [0.4, 0.5) is 4.39 Å². The Morgan fingerprint density at radius 2 is 2.00 bits per heavy atom. The SMILES string of the molecule is N#Cc1ccc(COc2cccc(-c3ccn(Cc4nc5ccc(C(=O)O)cc5n4C[C@@H]4CCO4)c(=O)c3)n2)c(F)c1. The number of hydrogen-bond acceptors (Lipinski definition) is 7. The van der Waals surface area contributed by atoms with E-state index in [0.717, 1.165) is 12.5 Å². The van der Waals surface area contributed by atoms with E-state index in [1.165, 1.54) is 28.8 Å². The van der Waals surface area contributed by atoms with Crippen LogP contribution in [0.2, 0.25) is 0 Å². The van der Waals surface area contributed by atoms with Crippen molar-refractivity contribution >= 4 is 17.0 Å². The lowest BCUT2D eigenvalue weighted by atomic mass is 10.1. The minimum absolute atomic E-state index is 0.00251. The van der Waals surface area contributed by atoms with Gasteiger partial charge in [-0.05, 0) is 48.9 Å². The molecule has 0 saturated carbocycles. The molecule has 1 atom stereocenters. The van der Waals surface area contributed by atoms with Crippen molar-refractivity contribution in [1.82, 2.24) is 19.1 Å². The van der Waals surface area contributed by atoms with E-state index in [1.807, 2.05) is 10.6 Å². The van der Waals surface area contributed by atoms with Crippen LogP contribution in [0.1, 0.15) is 33.7 Å².